The zero-order valence-electron chi connectivity index (χ0n) is 53.8. The first kappa shape index (κ1) is 56.8. The third kappa shape index (κ3) is 9.67. The average molecular weight is 1250 g/mol. The smallest absolute Gasteiger partial charge is 0.0542 e. The molecule has 98 heavy (non-hydrogen) atoms. The summed E-state index contributed by atoms with van der Waals surface area (Å²) < 4.78 is 4.98. The van der Waals surface area contributed by atoms with Gasteiger partial charge in [-0.05, 0) is 199 Å². The van der Waals surface area contributed by atoms with Gasteiger partial charge in [0.1, 0.15) is 0 Å². The van der Waals surface area contributed by atoms with Gasteiger partial charge in [-0.2, -0.15) is 0 Å². The number of allylic oxidation sites excluding steroid dienone is 1. The lowest BCUT2D eigenvalue weighted by molar-refractivity contribution is 0.898. The summed E-state index contributed by atoms with van der Waals surface area (Å²) in [4.78, 5) is 4.99. The van der Waals surface area contributed by atoms with Crippen LogP contribution in [0.25, 0.3) is 132 Å². The van der Waals surface area contributed by atoms with Crippen molar-refractivity contribution in [1.82, 2.24) is 9.13 Å². The lowest BCUT2D eigenvalue weighted by Gasteiger charge is -2.30. The molecule has 0 spiro atoms. The maximum Gasteiger partial charge on any atom is 0.0542 e. The summed E-state index contributed by atoms with van der Waals surface area (Å²) in [6.07, 6.45) is 4.33. The van der Waals surface area contributed by atoms with Gasteiger partial charge in [-0.3, -0.25) is 0 Å². The summed E-state index contributed by atoms with van der Waals surface area (Å²) in [7, 11) is 0. The fourth-order valence-electron chi connectivity index (χ4n) is 15.8. The van der Waals surface area contributed by atoms with Gasteiger partial charge in [0.05, 0.1) is 27.9 Å². The van der Waals surface area contributed by atoms with Gasteiger partial charge >= 0.3 is 0 Å². The monoisotopic (exact) mass is 1250 g/mol. The van der Waals surface area contributed by atoms with Gasteiger partial charge in [0, 0.05) is 72.3 Å². The highest BCUT2D eigenvalue weighted by Gasteiger charge is 2.27. The van der Waals surface area contributed by atoms with E-state index in [-0.39, 0.29) is 0 Å². The Morgan fingerprint density at radius 3 is 1.18 bits per heavy atom. The van der Waals surface area contributed by atoms with Gasteiger partial charge in [0.2, 0.25) is 0 Å². The standard InChI is InChI=1S/C94H64N4/c1-3-20-63(21-4-1)65-42-48-73(49-43-65)97-91-54-46-71(81-38-15-28-67-24-7-11-34-79(67)81)58-85(91)87-61-77(52-56-93(87)97)95(89-40-17-30-69-26-9-13-36-83(69)89)75-32-19-33-76(60-75)96(90-41-18-31-70-27-10-14-37-84(70)90)78-53-57-94-88(62-78)86-59-72(82-39-16-29-68-25-8-12-35-80(68)82)47-55-92(86)98(94)74-50-44-66(45-51-74)64-22-5-2-6-23-64/h1-46,48-54,56-62H,47,55H2. The third-order valence-corrected chi connectivity index (χ3v) is 20.4. The number of fused-ring (bicyclic) bond motifs is 10. The summed E-state index contributed by atoms with van der Waals surface area (Å²) in [5.41, 5.74) is 24.5. The van der Waals surface area contributed by atoms with E-state index in [9.17, 15) is 0 Å². The number of benzene rings is 16. The Labute approximate surface area is 569 Å². The molecule has 18 aromatic rings. The van der Waals surface area contributed by atoms with E-state index in [1.54, 1.807) is 0 Å². The predicted molar refractivity (Wildman–Crippen MR) is 416 cm³/mol. The van der Waals surface area contributed by atoms with Crippen molar-refractivity contribution in [3.8, 4) is 44.8 Å². The number of hydrogen-bond donors (Lipinski definition) is 0. The van der Waals surface area contributed by atoms with Gasteiger partial charge in [-0.15, -0.1) is 0 Å². The van der Waals surface area contributed by atoms with Crippen LogP contribution in [0.5, 0.6) is 0 Å². The van der Waals surface area contributed by atoms with Gasteiger partial charge in [0.25, 0.3) is 0 Å². The highest BCUT2D eigenvalue weighted by atomic mass is 15.2. The average Bonchev–Trinajstić information content (AvgIpc) is 1.60. The second-order valence-corrected chi connectivity index (χ2v) is 25.9. The minimum Gasteiger partial charge on any atom is -0.313 e. The van der Waals surface area contributed by atoms with E-state index in [0.29, 0.717) is 0 Å². The van der Waals surface area contributed by atoms with Crippen LogP contribution in [-0.2, 0) is 6.42 Å². The maximum atomic E-state index is 2.53. The Balaban J connectivity index is 0.815. The van der Waals surface area contributed by atoms with Gasteiger partial charge in [0.15, 0.2) is 0 Å². The molecule has 16 aromatic carbocycles. The van der Waals surface area contributed by atoms with Crippen LogP contribution in [0.2, 0.25) is 0 Å². The molecule has 2 aromatic heterocycles. The largest absolute Gasteiger partial charge is 0.313 e. The van der Waals surface area contributed by atoms with Gasteiger partial charge in [-0.25, -0.2) is 0 Å². The molecule has 19 rings (SSSR count). The molecule has 0 N–H and O–H groups in total. The first-order valence-corrected chi connectivity index (χ1v) is 34.0. The van der Waals surface area contributed by atoms with Crippen molar-refractivity contribution in [2.45, 2.75) is 12.8 Å². The number of nitrogens with zero attached hydrogens (tertiary/aromatic N) is 4. The molecule has 0 amide bonds. The number of aromatic nitrogens is 2. The molecule has 1 aliphatic carbocycles. The van der Waals surface area contributed by atoms with Crippen LogP contribution in [-0.4, -0.2) is 9.13 Å². The molecule has 2 heterocycles. The van der Waals surface area contributed by atoms with Crippen LogP contribution < -0.4 is 9.80 Å². The zero-order valence-corrected chi connectivity index (χ0v) is 53.8. The maximum absolute atomic E-state index is 2.53. The topological polar surface area (TPSA) is 16.3 Å². The second kappa shape index (κ2) is 23.6. The van der Waals surface area contributed by atoms with E-state index >= 15 is 0 Å². The lowest BCUT2D eigenvalue weighted by Crippen LogP contribution is -2.14. The minimum absolute atomic E-state index is 0.896. The van der Waals surface area contributed by atoms with E-state index in [1.165, 1.54) is 115 Å². The van der Waals surface area contributed by atoms with E-state index in [0.717, 1.165) is 74.8 Å². The Kier molecular flexibility index (Phi) is 13.7. The molecule has 0 radical (unpaired) electrons. The summed E-state index contributed by atoms with van der Waals surface area (Å²) in [6, 6.07) is 132. The fourth-order valence-corrected chi connectivity index (χ4v) is 15.8. The first-order chi connectivity index (χ1) is 48.6. The summed E-state index contributed by atoms with van der Waals surface area (Å²) in [6.45, 7) is 0. The molecule has 0 atom stereocenters. The molecule has 0 saturated carbocycles. The molecular weight excluding hydrogens is 1190 g/mol. The van der Waals surface area contributed by atoms with Crippen LogP contribution in [0.3, 0.4) is 0 Å². The highest BCUT2D eigenvalue weighted by Crippen LogP contribution is 2.49. The van der Waals surface area contributed by atoms with Crippen LogP contribution in [0.4, 0.5) is 34.1 Å². The number of anilines is 6. The van der Waals surface area contributed by atoms with E-state index in [2.05, 4.69) is 383 Å². The SMILES string of the molecule is C1=C(c2cccc3ccccc23)CCc2c1c1cc(N(c3cccc(N(c4ccc5c(c4)c4cc(-c6cccc7ccccc67)ccc4n5-c4ccc(-c5ccccc5)cc4)c4cccc5ccccc45)c3)c3cccc4ccccc34)ccc1n2-c1ccc(-c2ccccc2)cc1. The summed E-state index contributed by atoms with van der Waals surface area (Å²) in [5.74, 6) is 0. The molecule has 1 aliphatic rings. The number of rotatable bonds is 12. The highest BCUT2D eigenvalue weighted by molar-refractivity contribution is 6.14. The van der Waals surface area contributed by atoms with Crippen LogP contribution in [0.1, 0.15) is 23.2 Å². The molecule has 4 nitrogen and oxygen atoms in total. The molecule has 4 heteroatoms. The minimum atomic E-state index is 0.896. The van der Waals surface area contributed by atoms with Crippen molar-refractivity contribution >= 4 is 122 Å². The Morgan fingerprint density at radius 1 is 0.235 bits per heavy atom. The third-order valence-electron chi connectivity index (χ3n) is 20.4. The van der Waals surface area contributed by atoms with Crippen molar-refractivity contribution in [3.63, 3.8) is 0 Å². The van der Waals surface area contributed by atoms with Gasteiger partial charge in [-0.1, -0.05) is 255 Å². The molecule has 0 aliphatic heterocycles. The summed E-state index contributed by atoms with van der Waals surface area (Å²) in [5, 5.41) is 13.2. The van der Waals surface area contributed by atoms with Crippen molar-refractivity contribution < 1.29 is 0 Å². The Morgan fingerprint density at radius 2 is 0.622 bits per heavy atom. The van der Waals surface area contributed by atoms with Crippen molar-refractivity contribution in [2.24, 2.45) is 0 Å². The predicted octanol–water partition coefficient (Wildman–Crippen LogP) is 25.8. The molecule has 0 saturated heterocycles. The van der Waals surface area contributed by atoms with Crippen molar-refractivity contribution in [2.75, 3.05) is 9.80 Å². The fraction of sp³-hybridized carbons (Fsp3) is 0.0213. The van der Waals surface area contributed by atoms with Gasteiger partial charge < -0.3 is 18.9 Å². The zero-order chi connectivity index (χ0) is 64.6. The van der Waals surface area contributed by atoms with E-state index < -0.39 is 0 Å². The lowest BCUT2D eigenvalue weighted by atomic mass is 9.88. The second-order valence-electron chi connectivity index (χ2n) is 25.9. The quantitative estimate of drug-likeness (QED) is 0.121. The molecular formula is C94H64N4. The van der Waals surface area contributed by atoms with Crippen LogP contribution in [0.15, 0.2) is 358 Å². The van der Waals surface area contributed by atoms with Crippen LogP contribution >= 0.6 is 0 Å². The van der Waals surface area contributed by atoms with E-state index in [1.807, 2.05) is 0 Å². The molecule has 0 fully saturated rings. The number of hydrogen-bond acceptors (Lipinski definition) is 2. The van der Waals surface area contributed by atoms with Crippen molar-refractivity contribution in [1.29, 1.82) is 0 Å². The molecule has 460 valence electrons. The van der Waals surface area contributed by atoms with Crippen LogP contribution in [0, 0.1) is 0 Å². The van der Waals surface area contributed by atoms with E-state index in [4.69, 9.17) is 0 Å². The Hall–Kier alpha value is -12.8. The normalized spacial score (nSPS) is 12.3. The first-order valence-electron chi connectivity index (χ1n) is 34.0. The van der Waals surface area contributed by atoms with Crippen molar-refractivity contribution in [3.05, 3.63) is 375 Å². The summed E-state index contributed by atoms with van der Waals surface area (Å²) >= 11 is 0. The molecule has 0 bridgehead atoms. The Bertz CT molecular complexity index is 6150. The molecule has 0 unspecified atom stereocenters.